The van der Waals surface area contributed by atoms with Crippen molar-refractivity contribution in [3.63, 3.8) is 0 Å². The number of hydrogen-bond donors (Lipinski definition) is 1. The zero-order valence-corrected chi connectivity index (χ0v) is 14.6. The molecule has 1 spiro atoms. The molecule has 3 heteroatoms. The lowest BCUT2D eigenvalue weighted by atomic mass is 9.70. The molecule has 2 aliphatic heterocycles. The molecule has 0 aromatic heterocycles. The minimum Gasteiger partial charge on any atom is -0.342 e. The van der Waals surface area contributed by atoms with Gasteiger partial charge in [-0.15, -0.1) is 0 Å². The van der Waals surface area contributed by atoms with Gasteiger partial charge in [-0.3, -0.25) is 4.79 Å². The van der Waals surface area contributed by atoms with E-state index in [4.69, 9.17) is 0 Å². The highest BCUT2D eigenvalue weighted by atomic mass is 16.2. The second-order valence-corrected chi connectivity index (χ2v) is 8.63. The molecule has 3 aliphatic rings. The van der Waals surface area contributed by atoms with Crippen LogP contribution in [-0.4, -0.2) is 37.0 Å². The van der Waals surface area contributed by atoms with E-state index in [0.29, 0.717) is 17.2 Å². The summed E-state index contributed by atoms with van der Waals surface area (Å²) in [5.41, 5.74) is 0.537. The van der Waals surface area contributed by atoms with Crippen molar-refractivity contribution in [3.8, 4) is 0 Å². The lowest BCUT2D eigenvalue weighted by Gasteiger charge is -2.46. The third-order valence-electron chi connectivity index (χ3n) is 6.59. The number of piperidine rings is 2. The third-order valence-corrected chi connectivity index (χ3v) is 6.59. The number of nitrogens with zero attached hydrogens (tertiary/aromatic N) is 1. The van der Waals surface area contributed by atoms with Gasteiger partial charge >= 0.3 is 0 Å². The Morgan fingerprint density at radius 1 is 1.00 bits per heavy atom. The molecule has 0 unspecified atom stereocenters. The van der Waals surface area contributed by atoms with Crippen LogP contribution in [0.15, 0.2) is 0 Å². The van der Waals surface area contributed by atoms with Crippen LogP contribution in [0, 0.1) is 16.7 Å². The fourth-order valence-corrected chi connectivity index (χ4v) is 5.32. The van der Waals surface area contributed by atoms with Gasteiger partial charge in [0.2, 0.25) is 5.91 Å². The highest BCUT2D eigenvalue weighted by Crippen LogP contribution is 2.46. The maximum absolute atomic E-state index is 13.2. The van der Waals surface area contributed by atoms with Crippen LogP contribution in [-0.2, 0) is 4.79 Å². The van der Waals surface area contributed by atoms with Gasteiger partial charge in [-0.2, -0.15) is 0 Å². The Morgan fingerprint density at radius 3 is 2.14 bits per heavy atom. The van der Waals surface area contributed by atoms with Gasteiger partial charge in [0.15, 0.2) is 0 Å². The van der Waals surface area contributed by atoms with E-state index in [9.17, 15) is 4.79 Å². The van der Waals surface area contributed by atoms with E-state index in [-0.39, 0.29) is 5.41 Å². The Hall–Kier alpha value is -0.570. The summed E-state index contributed by atoms with van der Waals surface area (Å²) in [6.45, 7) is 8.91. The molecule has 1 N–H and O–H groups in total. The van der Waals surface area contributed by atoms with Crippen molar-refractivity contribution in [2.75, 3.05) is 26.2 Å². The van der Waals surface area contributed by atoms with Gasteiger partial charge in [-0.1, -0.05) is 26.7 Å². The predicted octanol–water partition coefficient (Wildman–Crippen LogP) is 3.59. The zero-order chi connectivity index (χ0) is 15.6. The second-order valence-electron chi connectivity index (χ2n) is 8.63. The number of nitrogens with one attached hydrogen (secondary N) is 1. The molecule has 0 aromatic carbocycles. The minimum atomic E-state index is -0.00715. The fourth-order valence-electron chi connectivity index (χ4n) is 5.32. The van der Waals surface area contributed by atoms with Crippen LogP contribution in [0.3, 0.4) is 0 Å². The second kappa shape index (κ2) is 6.51. The van der Waals surface area contributed by atoms with Gasteiger partial charge in [0.25, 0.3) is 0 Å². The van der Waals surface area contributed by atoms with Crippen LogP contribution in [0.25, 0.3) is 0 Å². The summed E-state index contributed by atoms with van der Waals surface area (Å²) in [6.07, 6.45) is 11.0. The average Bonchev–Trinajstić information content (AvgIpc) is 2.97. The Labute approximate surface area is 136 Å². The normalized spacial score (nSPS) is 27.5. The van der Waals surface area contributed by atoms with Crippen LogP contribution >= 0.6 is 0 Å². The van der Waals surface area contributed by atoms with E-state index in [0.717, 1.165) is 32.4 Å². The van der Waals surface area contributed by atoms with Crippen LogP contribution in [0.2, 0.25) is 0 Å². The van der Waals surface area contributed by atoms with E-state index in [1.807, 2.05) is 0 Å². The smallest absolute Gasteiger partial charge is 0.228 e. The Kier molecular flexibility index (Phi) is 4.82. The molecule has 0 radical (unpaired) electrons. The van der Waals surface area contributed by atoms with E-state index >= 15 is 0 Å². The summed E-state index contributed by atoms with van der Waals surface area (Å²) < 4.78 is 0. The lowest BCUT2D eigenvalue weighted by Crippen LogP contribution is -2.51. The number of rotatable bonds is 3. The van der Waals surface area contributed by atoms with Crippen molar-refractivity contribution in [2.24, 2.45) is 16.7 Å². The fraction of sp³-hybridized carbons (Fsp3) is 0.947. The molecule has 1 amide bonds. The van der Waals surface area contributed by atoms with Crippen molar-refractivity contribution in [3.05, 3.63) is 0 Å². The minimum absolute atomic E-state index is 0.00715. The first-order chi connectivity index (χ1) is 10.6. The van der Waals surface area contributed by atoms with E-state index in [2.05, 4.69) is 24.1 Å². The summed E-state index contributed by atoms with van der Waals surface area (Å²) in [7, 11) is 0. The van der Waals surface area contributed by atoms with Gasteiger partial charge in [0.05, 0.1) is 0 Å². The van der Waals surface area contributed by atoms with Gasteiger partial charge in [-0.05, 0) is 69.4 Å². The van der Waals surface area contributed by atoms with Gasteiger partial charge < -0.3 is 10.2 Å². The van der Waals surface area contributed by atoms with Crippen molar-refractivity contribution < 1.29 is 4.79 Å². The first kappa shape index (κ1) is 16.3. The Morgan fingerprint density at radius 2 is 1.59 bits per heavy atom. The topological polar surface area (TPSA) is 32.3 Å². The standard InChI is InChI=1S/C19H34N2O/c1-16(2)15-19(5-3-4-6-19)17(22)21-13-9-18(10-14-21)7-11-20-12-8-18/h16,20H,3-15H2,1-2H3. The SMILES string of the molecule is CC(C)CC1(C(=O)N2CCC3(CCNCC3)CC2)CCCC1. The molecular formula is C19H34N2O. The molecule has 0 bridgehead atoms. The van der Waals surface area contributed by atoms with Gasteiger partial charge in [0.1, 0.15) is 0 Å². The highest BCUT2D eigenvalue weighted by molar-refractivity contribution is 5.83. The van der Waals surface area contributed by atoms with Crippen LogP contribution in [0.4, 0.5) is 0 Å². The first-order valence-corrected chi connectivity index (χ1v) is 9.56. The molecule has 22 heavy (non-hydrogen) atoms. The largest absolute Gasteiger partial charge is 0.342 e. The van der Waals surface area contributed by atoms with Crippen molar-refractivity contribution >= 4 is 5.91 Å². The summed E-state index contributed by atoms with van der Waals surface area (Å²) in [5.74, 6) is 1.13. The summed E-state index contributed by atoms with van der Waals surface area (Å²) in [6, 6.07) is 0. The molecule has 1 aliphatic carbocycles. The quantitative estimate of drug-likeness (QED) is 0.864. The molecule has 2 saturated heterocycles. The number of carbonyl (C=O) groups excluding carboxylic acids is 1. The van der Waals surface area contributed by atoms with E-state index < -0.39 is 0 Å². The molecule has 0 atom stereocenters. The monoisotopic (exact) mass is 306 g/mol. The Bertz CT molecular complexity index is 382. The third kappa shape index (κ3) is 3.20. The maximum Gasteiger partial charge on any atom is 0.228 e. The van der Waals surface area contributed by atoms with Crippen molar-refractivity contribution in [2.45, 2.75) is 71.6 Å². The molecule has 1 saturated carbocycles. The van der Waals surface area contributed by atoms with Crippen LogP contribution < -0.4 is 5.32 Å². The average molecular weight is 306 g/mol. The molecular weight excluding hydrogens is 272 g/mol. The maximum atomic E-state index is 13.2. The summed E-state index contributed by atoms with van der Waals surface area (Å²) in [4.78, 5) is 15.5. The summed E-state index contributed by atoms with van der Waals surface area (Å²) >= 11 is 0. The number of carbonyl (C=O) groups is 1. The molecule has 3 fully saturated rings. The van der Waals surface area contributed by atoms with Gasteiger partial charge in [0, 0.05) is 18.5 Å². The number of hydrogen-bond acceptors (Lipinski definition) is 2. The van der Waals surface area contributed by atoms with Crippen molar-refractivity contribution in [1.82, 2.24) is 10.2 Å². The van der Waals surface area contributed by atoms with E-state index in [1.165, 1.54) is 51.6 Å². The number of amides is 1. The predicted molar refractivity (Wildman–Crippen MR) is 90.7 cm³/mol. The zero-order valence-electron chi connectivity index (χ0n) is 14.6. The first-order valence-electron chi connectivity index (χ1n) is 9.56. The van der Waals surface area contributed by atoms with E-state index in [1.54, 1.807) is 0 Å². The molecule has 3 nitrogen and oxygen atoms in total. The molecule has 2 heterocycles. The molecule has 0 aromatic rings. The molecule has 3 rings (SSSR count). The summed E-state index contributed by atoms with van der Waals surface area (Å²) in [5, 5.41) is 3.48. The van der Waals surface area contributed by atoms with Gasteiger partial charge in [-0.25, -0.2) is 0 Å². The number of likely N-dealkylation sites (tertiary alicyclic amines) is 1. The molecule has 126 valence electrons. The van der Waals surface area contributed by atoms with Crippen LogP contribution in [0.5, 0.6) is 0 Å². The van der Waals surface area contributed by atoms with Crippen LogP contribution in [0.1, 0.15) is 71.6 Å². The Balaban J connectivity index is 1.63. The lowest BCUT2D eigenvalue weighted by molar-refractivity contribution is -0.145. The van der Waals surface area contributed by atoms with Crippen molar-refractivity contribution in [1.29, 1.82) is 0 Å². The highest BCUT2D eigenvalue weighted by Gasteiger charge is 2.45.